The van der Waals surface area contributed by atoms with E-state index >= 15 is 0 Å². The van der Waals surface area contributed by atoms with Gasteiger partial charge in [0.15, 0.2) is 5.60 Å². The van der Waals surface area contributed by atoms with Crippen molar-refractivity contribution in [2.75, 3.05) is 19.7 Å². The van der Waals surface area contributed by atoms with E-state index in [0.717, 1.165) is 25.1 Å². The lowest BCUT2D eigenvalue weighted by molar-refractivity contribution is -0.160. The van der Waals surface area contributed by atoms with Crippen LogP contribution >= 0.6 is 0 Å². The summed E-state index contributed by atoms with van der Waals surface area (Å²) in [5.74, 6) is -1.16. The quantitative estimate of drug-likeness (QED) is 0.407. The Morgan fingerprint density at radius 2 is 2.21 bits per heavy atom. The second kappa shape index (κ2) is 6.18. The summed E-state index contributed by atoms with van der Waals surface area (Å²) in [5, 5.41) is 10.5. The monoisotopic (exact) mass is 333 g/mol. The minimum Gasteiger partial charge on any atom is -0.459 e. The maximum atomic E-state index is 12.5. The van der Waals surface area contributed by atoms with E-state index in [4.69, 9.17) is 9.47 Å². The van der Waals surface area contributed by atoms with Gasteiger partial charge in [0.25, 0.3) is 0 Å². The minimum absolute atomic E-state index is 0.0487. The Morgan fingerprint density at radius 1 is 1.46 bits per heavy atom. The van der Waals surface area contributed by atoms with Gasteiger partial charge < -0.3 is 14.6 Å². The highest BCUT2D eigenvalue weighted by molar-refractivity contribution is 5.90. The Bertz CT molecular complexity index is 646. The van der Waals surface area contributed by atoms with E-state index < -0.39 is 17.5 Å². The Labute approximate surface area is 141 Å². The fraction of sp³-hybridized carbons (Fsp3) is 0.556. The Balaban J connectivity index is 1.92. The molecule has 3 heterocycles. The number of carbonyl (C=O) groups is 2. The van der Waals surface area contributed by atoms with E-state index in [1.807, 2.05) is 6.08 Å². The second-order valence-electron chi connectivity index (χ2n) is 6.69. The molecule has 0 bridgehead atoms. The Morgan fingerprint density at radius 3 is 2.92 bits per heavy atom. The van der Waals surface area contributed by atoms with Crippen LogP contribution in [0.1, 0.15) is 26.7 Å². The van der Waals surface area contributed by atoms with Crippen LogP contribution in [0.25, 0.3) is 0 Å². The maximum absolute atomic E-state index is 12.5. The van der Waals surface area contributed by atoms with Gasteiger partial charge in [-0.05, 0) is 31.4 Å². The highest BCUT2D eigenvalue weighted by atomic mass is 16.6. The first-order chi connectivity index (χ1) is 11.3. The molecule has 0 amide bonds. The number of ether oxygens (including phenoxy) is 2. The second-order valence-corrected chi connectivity index (χ2v) is 6.69. The topological polar surface area (TPSA) is 76.1 Å². The average Bonchev–Trinajstić information content (AvgIpc) is 3.12. The number of rotatable bonds is 0. The molecule has 0 aromatic rings. The third kappa shape index (κ3) is 2.80. The highest BCUT2D eigenvalue weighted by Crippen LogP contribution is 2.33. The van der Waals surface area contributed by atoms with Crippen LogP contribution in [0.3, 0.4) is 0 Å². The lowest BCUT2D eigenvalue weighted by atomic mass is 9.91. The van der Waals surface area contributed by atoms with Crippen molar-refractivity contribution >= 4 is 11.9 Å². The van der Waals surface area contributed by atoms with Gasteiger partial charge in [0.1, 0.15) is 12.7 Å². The van der Waals surface area contributed by atoms with E-state index in [9.17, 15) is 14.7 Å². The van der Waals surface area contributed by atoms with Crippen LogP contribution in [-0.2, 0) is 19.1 Å². The van der Waals surface area contributed by atoms with Crippen molar-refractivity contribution in [3.63, 3.8) is 0 Å². The molecule has 2 fully saturated rings. The molecule has 130 valence electrons. The fourth-order valence-corrected chi connectivity index (χ4v) is 3.47. The van der Waals surface area contributed by atoms with E-state index in [1.165, 1.54) is 6.92 Å². The standard InChI is InChI=1S/C18H23NO5/c1-4-12-9-11(2)18(3,22)17(21)23-10-13-5-7-19-8-6-14(15(13)19)24-16(12)20/h4-5,14-15,22H,2,6-10H2,1,3H3/b12-4+/t14-,15?,18+/m0/s1. The minimum atomic E-state index is -1.85. The van der Waals surface area contributed by atoms with Crippen LogP contribution < -0.4 is 0 Å². The van der Waals surface area contributed by atoms with E-state index in [-0.39, 0.29) is 30.7 Å². The predicted octanol–water partition coefficient (Wildman–Crippen LogP) is 1.11. The molecule has 3 aliphatic heterocycles. The molecule has 0 aromatic heterocycles. The van der Waals surface area contributed by atoms with Gasteiger partial charge in [-0.25, -0.2) is 9.59 Å². The summed E-state index contributed by atoms with van der Waals surface area (Å²) in [7, 11) is 0. The molecule has 2 saturated heterocycles. The van der Waals surface area contributed by atoms with Crippen molar-refractivity contribution in [3.8, 4) is 0 Å². The number of hydrogen-bond donors (Lipinski definition) is 1. The number of esters is 2. The van der Waals surface area contributed by atoms with Crippen molar-refractivity contribution < 1.29 is 24.2 Å². The van der Waals surface area contributed by atoms with Crippen LogP contribution in [0.15, 0.2) is 35.5 Å². The van der Waals surface area contributed by atoms with Crippen molar-refractivity contribution in [2.45, 2.75) is 44.4 Å². The number of hydrogen-bond acceptors (Lipinski definition) is 6. The number of allylic oxidation sites excluding steroid dienone is 1. The van der Waals surface area contributed by atoms with Gasteiger partial charge in [-0.2, -0.15) is 0 Å². The lowest BCUT2D eigenvalue weighted by Crippen LogP contribution is -2.42. The summed E-state index contributed by atoms with van der Waals surface area (Å²) >= 11 is 0. The lowest BCUT2D eigenvalue weighted by Gasteiger charge is -2.28. The van der Waals surface area contributed by atoms with Gasteiger partial charge >= 0.3 is 11.9 Å². The van der Waals surface area contributed by atoms with E-state index in [1.54, 1.807) is 13.0 Å². The summed E-state index contributed by atoms with van der Waals surface area (Å²) in [6.45, 7) is 8.53. The summed E-state index contributed by atoms with van der Waals surface area (Å²) in [6, 6.07) is -0.0487. The molecule has 3 atom stereocenters. The molecule has 1 N–H and O–H groups in total. The van der Waals surface area contributed by atoms with Gasteiger partial charge in [0, 0.05) is 25.1 Å². The third-order valence-electron chi connectivity index (χ3n) is 5.14. The Hall–Kier alpha value is -1.92. The molecule has 3 aliphatic rings. The van der Waals surface area contributed by atoms with Gasteiger partial charge in [-0.1, -0.05) is 18.7 Å². The summed E-state index contributed by atoms with van der Waals surface area (Å²) in [5.41, 5.74) is -0.330. The molecule has 0 aromatic carbocycles. The van der Waals surface area contributed by atoms with Crippen LogP contribution in [0.4, 0.5) is 0 Å². The van der Waals surface area contributed by atoms with Crippen molar-refractivity contribution in [2.24, 2.45) is 0 Å². The zero-order valence-corrected chi connectivity index (χ0v) is 14.1. The molecule has 6 nitrogen and oxygen atoms in total. The van der Waals surface area contributed by atoms with Crippen molar-refractivity contribution in [1.29, 1.82) is 0 Å². The van der Waals surface area contributed by atoms with Crippen LogP contribution in [-0.4, -0.2) is 59.4 Å². The van der Waals surface area contributed by atoms with Crippen molar-refractivity contribution in [3.05, 3.63) is 35.5 Å². The van der Waals surface area contributed by atoms with Crippen LogP contribution in [0.2, 0.25) is 0 Å². The van der Waals surface area contributed by atoms with Gasteiger partial charge in [0.2, 0.25) is 0 Å². The third-order valence-corrected chi connectivity index (χ3v) is 5.14. The molecule has 0 aliphatic carbocycles. The average molecular weight is 333 g/mol. The largest absolute Gasteiger partial charge is 0.459 e. The smallest absolute Gasteiger partial charge is 0.342 e. The normalized spacial score (nSPS) is 36.5. The van der Waals surface area contributed by atoms with E-state index in [0.29, 0.717) is 5.57 Å². The Kier molecular flexibility index (Phi) is 4.36. The molecule has 0 radical (unpaired) electrons. The molecule has 24 heavy (non-hydrogen) atoms. The SMILES string of the molecule is C=C1C/C(=C\C)C(=O)O[C@H]2CCN3CC=C(COC(=O)[C@]1(C)O)C23. The summed E-state index contributed by atoms with van der Waals surface area (Å²) in [4.78, 5) is 27.0. The highest BCUT2D eigenvalue weighted by Gasteiger charge is 2.44. The van der Waals surface area contributed by atoms with Gasteiger partial charge in [-0.3, -0.25) is 4.90 Å². The molecule has 1 unspecified atom stereocenters. The van der Waals surface area contributed by atoms with Crippen LogP contribution in [0.5, 0.6) is 0 Å². The zero-order chi connectivity index (χ0) is 17.5. The molecular weight excluding hydrogens is 310 g/mol. The molecular formula is C18H23NO5. The number of cyclic esters (lactones) is 1. The van der Waals surface area contributed by atoms with Crippen molar-refractivity contribution in [1.82, 2.24) is 4.90 Å². The van der Waals surface area contributed by atoms with Gasteiger partial charge in [-0.15, -0.1) is 0 Å². The molecule has 0 spiro atoms. The first-order valence-corrected chi connectivity index (χ1v) is 8.21. The zero-order valence-electron chi connectivity index (χ0n) is 14.1. The molecule has 3 rings (SSSR count). The summed E-state index contributed by atoms with van der Waals surface area (Å²) in [6.07, 6.45) is 4.23. The first-order valence-electron chi connectivity index (χ1n) is 8.21. The summed E-state index contributed by atoms with van der Waals surface area (Å²) < 4.78 is 11.1. The van der Waals surface area contributed by atoms with E-state index in [2.05, 4.69) is 11.5 Å². The molecule has 6 heteroatoms. The predicted molar refractivity (Wildman–Crippen MR) is 87.0 cm³/mol. The molecule has 0 saturated carbocycles. The number of carbonyl (C=O) groups excluding carboxylic acids is 2. The van der Waals surface area contributed by atoms with Crippen LogP contribution in [0, 0.1) is 0 Å². The number of aliphatic hydroxyl groups is 1. The first kappa shape index (κ1) is 16.9. The van der Waals surface area contributed by atoms with Gasteiger partial charge in [0.05, 0.1) is 6.04 Å². The number of nitrogens with zero attached hydrogens (tertiary/aromatic N) is 1. The fourth-order valence-electron chi connectivity index (χ4n) is 3.47. The maximum Gasteiger partial charge on any atom is 0.342 e.